The number of ether oxygens (including phenoxy) is 2. The van der Waals surface area contributed by atoms with Crippen molar-refractivity contribution >= 4 is 11.5 Å². The molecule has 4 rings (SSSR count). The quantitative estimate of drug-likeness (QED) is 0.757. The van der Waals surface area contributed by atoms with E-state index >= 15 is 0 Å². The highest BCUT2D eigenvalue weighted by molar-refractivity contribution is 6.01. The summed E-state index contributed by atoms with van der Waals surface area (Å²) in [5.74, 6) is 0.591. The number of halogens is 3. The SMILES string of the molecule is COc1cc2c(cc1OC)C(c1ccc(C(F)(F)F)cc1)C1=C(CCCC1=O)N2. The minimum absolute atomic E-state index is 0.0177. The van der Waals surface area contributed by atoms with Crippen molar-refractivity contribution in [3.8, 4) is 11.5 Å². The molecule has 0 saturated carbocycles. The molecule has 4 nitrogen and oxygen atoms in total. The Morgan fingerprint density at radius 2 is 1.66 bits per heavy atom. The second-order valence-corrected chi connectivity index (χ2v) is 7.14. The number of carbonyl (C=O) groups excluding carboxylic acids is 1. The lowest BCUT2D eigenvalue weighted by Crippen LogP contribution is -2.27. The van der Waals surface area contributed by atoms with E-state index in [9.17, 15) is 18.0 Å². The fourth-order valence-corrected chi connectivity index (χ4v) is 4.10. The Kier molecular flexibility index (Phi) is 4.76. The van der Waals surface area contributed by atoms with Crippen LogP contribution in [0.4, 0.5) is 18.9 Å². The standard InChI is InChI=1S/C22H20F3NO3/c1-28-18-10-14-16(11-19(18)29-2)26-15-4-3-5-17(27)21(15)20(14)12-6-8-13(9-7-12)22(23,24)25/h6-11,20,26H,3-5H2,1-2H3. The second-order valence-electron chi connectivity index (χ2n) is 7.14. The maximum Gasteiger partial charge on any atom is 0.416 e. The highest BCUT2D eigenvalue weighted by Crippen LogP contribution is 2.48. The van der Waals surface area contributed by atoms with E-state index < -0.39 is 17.7 Å². The van der Waals surface area contributed by atoms with Gasteiger partial charge < -0.3 is 14.8 Å². The van der Waals surface area contributed by atoms with Crippen LogP contribution in [-0.2, 0) is 11.0 Å². The van der Waals surface area contributed by atoms with Crippen LogP contribution in [0.15, 0.2) is 47.7 Å². The van der Waals surface area contributed by atoms with E-state index in [1.807, 2.05) is 0 Å². The second kappa shape index (κ2) is 7.13. The van der Waals surface area contributed by atoms with Crippen LogP contribution in [0.1, 0.15) is 41.9 Å². The first-order chi connectivity index (χ1) is 13.8. The van der Waals surface area contributed by atoms with E-state index in [0.29, 0.717) is 35.5 Å². The van der Waals surface area contributed by atoms with Gasteiger partial charge in [-0.25, -0.2) is 0 Å². The minimum atomic E-state index is -4.41. The topological polar surface area (TPSA) is 47.6 Å². The number of rotatable bonds is 3. The number of Topliss-reactive ketones (excluding diaryl/α,β-unsaturated/α-hetero) is 1. The van der Waals surface area contributed by atoms with Crippen molar-refractivity contribution in [3.05, 3.63) is 64.4 Å². The number of benzene rings is 2. The van der Waals surface area contributed by atoms with E-state index in [4.69, 9.17) is 9.47 Å². The van der Waals surface area contributed by atoms with Crippen LogP contribution in [0.3, 0.4) is 0 Å². The van der Waals surface area contributed by atoms with Crippen molar-refractivity contribution in [2.75, 3.05) is 19.5 Å². The van der Waals surface area contributed by atoms with Gasteiger partial charge >= 0.3 is 6.18 Å². The molecule has 2 aromatic carbocycles. The van der Waals surface area contributed by atoms with Gasteiger partial charge in [-0.05, 0) is 42.2 Å². The molecule has 0 amide bonds. The predicted molar refractivity (Wildman–Crippen MR) is 102 cm³/mol. The van der Waals surface area contributed by atoms with Crippen LogP contribution < -0.4 is 14.8 Å². The fraction of sp³-hybridized carbons (Fsp3) is 0.318. The molecule has 0 saturated heterocycles. The van der Waals surface area contributed by atoms with Crippen LogP contribution >= 0.6 is 0 Å². The third-order valence-electron chi connectivity index (χ3n) is 5.47. The molecule has 1 aliphatic heterocycles. The van der Waals surface area contributed by atoms with Crippen molar-refractivity contribution in [2.45, 2.75) is 31.4 Å². The van der Waals surface area contributed by atoms with E-state index in [1.165, 1.54) is 26.4 Å². The first-order valence-electron chi connectivity index (χ1n) is 9.30. The van der Waals surface area contributed by atoms with Gasteiger partial charge in [0.1, 0.15) is 0 Å². The van der Waals surface area contributed by atoms with Crippen molar-refractivity contribution < 1.29 is 27.4 Å². The number of nitrogens with one attached hydrogen (secondary N) is 1. The lowest BCUT2D eigenvalue weighted by Gasteiger charge is -2.34. The number of anilines is 1. The summed E-state index contributed by atoms with van der Waals surface area (Å²) in [6.45, 7) is 0. The molecule has 0 aromatic heterocycles. The molecule has 152 valence electrons. The van der Waals surface area contributed by atoms with Gasteiger partial charge in [0.15, 0.2) is 17.3 Å². The van der Waals surface area contributed by atoms with Crippen molar-refractivity contribution in [2.24, 2.45) is 0 Å². The van der Waals surface area contributed by atoms with Crippen LogP contribution in [0.25, 0.3) is 0 Å². The summed E-state index contributed by atoms with van der Waals surface area (Å²) >= 11 is 0. The average Bonchev–Trinajstić information content (AvgIpc) is 2.71. The van der Waals surface area contributed by atoms with Crippen LogP contribution in [0.5, 0.6) is 11.5 Å². The molecule has 1 heterocycles. The van der Waals surface area contributed by atoms with E-state index in [0.717, 1.165) is 35.5 Å². The van der Waals surface area contributed by atoms with E-state index in [-0.39, 0.29) is 5.78 Å². The maximum atomic E-state index is 13.0. The van der Waals surface area contributed by atoms with Crippen molar-refractivity contribution in [1.29, 1.82) is 0 Å². The maximum absolute atomic E-state index is 13.0. The molecule has 1 unspecified atom stereocenters. The van der Waals surface area contributed by atoms with Crippen molar-refractivity contribution in [3.63, 3.8) is 0 Å². The molecule has 29 heavy (non-hydrogen) atoms. The summed E-state index contributed by atoms with van der Waals surface area (Å²) in [6, 6.07) is 8.61. The normalized spacial score (nSPS) is 18.7. The number of alkyl halides is 3. The molecule has 1 aliphatic carbocycles. The van der Waals surface area contributed by atoms with E-state index in [2.05, 4.69) is 5.32 Å². The molecule has 0 radical (unpaired) electrons. The number of carbonyl (C=O) groups is 1. The molecule has 1 N–H and O–H groups in total. The number of allylic oxidation sites excluding steroid dienone is 2. The Morgan fingerprint density at radius 1 is 1.00 bits per heavy atom. The van der Waals surface area contributed by atoms with E-state index in [1.54, 1.807) is 12.1 Å². The summed E-state index contributed by atoms with van der Waals surface area (Å²) in [4.78, 5) is 12.8. The lowest BCUT2D eigenvalue weighted by molar-refractivity contribution is -0.137. The average molecular weight is 403 g/mol. The number of hydrogen-bond acceptors (Lipinski definition) is 4. The predicted octanol–water partition coefficient (Wildman–Crippen LogP) is 5.29. The van der Waals surface area contributed by atoms with Gasteiger partial charge in [-0.3, -0.25) is 4.79 Å². The van der Waals surface area contributed by atoms with Crippen LogP contribution in [-0.4, -0.2) is 20.0 Å². The molecule has 2 aliphatic rings. The zero-order valence-electron chi connectivity index (χ0n) is 16.0. The Labute approximate surface area is 166 Å². The first-order valence-corrected chi connectivity index (χ1v) is 9.30. The summed E-state index contributed by atoms with van der Waals surface area (Å²) in [5.41, 5.74) is 2.90. The van der Waals surface area contributed by atoms with Crippen LogP contribution in [0.2, 0.25) is 0 Å². The van der Waals surface area contributed by atoms with Gasteiger partial charge in [0, 0.05) is 35.4 Å². The molecule has 1 atom stereocenters. The van der Waals surface area contributed by atoms with Gasteiger partial charge in [0.2, 0.25) is 0 Å². The first kappa shape index (κ1) is 19.4. The minimum Gasteiger partial charge on any atom is -0.493 e. The Hall–Kier alpha value is -2.96. The molecule has 0 spiro atoms. The summed E-state index contributed by atoms with van der Waals surface area (Å²) in [6.07, 6.45) is -2.52. The van der Waals surface area contributed by atoms with Gasteiger partial charge in [-0.2, -0.15) is 13.2 Å². The molecular weight excluding hydrogens is 383 g/mol. The van der Waals surface area contributed by atoms with Gasteiger partial charge in [-0.1, -0.05) is 12.1 Å². The smallest absolute Gasteiger partial charge is 0.416 e. The highest BCUT2D eigenvalue weighted by atomic mass is 19.4. The lowest BCUT2D eigenvalue weighted by atomic mass is 9.75. The summed E-state index contributed by atoms with van der Waals surface area (Å²) < 4.78 is 49.8. The molecule has 2 aromatic rings. The molecular formula is C22H20F3NO3. The number of methoxy groups -OCH3 is 2. The molecule has 0 bridgehead atoms. The Bertz CT molecular complexity index is 994. The summed E-state index contributed by atoms with van der Waals surface area (Å²) in [7, 11) is 3.05. The highest BCUT2D eigenvalue weighted by Gasteiger charge is 2.37. The molecule has 0 fully saturated rings. The zero-order chi connectivity index (χ0) is 20.8. The Balaban J connectivity index is 1.90. The Morgan fingerprint density at radius 3 is 2.28 bits per heavy atom. The van der Waals surface area contributed by atoms with Crippen LogP contribution in [0, 0.1) is 0 Å². The third kappa shape index (κ3) is 3.34. The zero-order valence-corrected chi connectivity index (χ0v) is 16.0. The largest absolute Gasteiger partial charge is 0.493 e. The monoisotopic (exact) mass is 403 g/mol. The molecule has 7 heteroatoms. The number of hydrogen-bond donors (Lipinski definition) is 1. The number of fused-ring (bicyclic) bond motifs is 1. The van der Waals surface area contributed by atoms with Gasteiger partial charge in [0.05, 0.1) is 19.8 Å². The fourth-order valence-electron chi connectivity index (χ4n) is 4.10. The summed E-state index contributed by atoms with van der Waals surface area (Å²) in [5, 5.41) is 3.33. The third-order valence-corrected chi connectivity index (χ3v) is 5.47. The number of ketones is 1. The van der Waals surface area contributed by atoms with Gasteiger partial charge in [-0.15, -0.1) is 0 Å². The van der Waals surface area contributed by atoms with Crippen molar-refractivity contribution in [1.82, 2.24) is 0 Å². The van der Waals surface area contributed by atoms with Gasteiger partial charge in [0.25, 0.3) is 0 Å².